The quantitative estimate of drug-likeness (QED) is 0.745. The monoisotopic (exact) mass is 346 g/mol. The molecule has 1 aromatic rings. The zero-order chi connectivity index (χ0) is 17.6. The Morgan fingerprint density at radius 3 is 2.76 bits per heavy atom. The molecule has 3 unspecified atom stereocenters. The normalized spacial score (nSPS) is 25.3. The molecule has 3 atom stereocenters. The van der Waals surface area contributed by atoms with Crippen LogP contribution < -0.4 is 20.1 Å². The SMILES string of the molecule is COc1ccc(CCCNC(=O)C2CC3CCCCC3N2)cc1OC. The first-order chi connectivity index (χ1) is 12.2. The lowest BCUT2D eigenvalue weighted by Gasteiger charge is -2.24. The molecule has 1 heterocycles. The first-order valence-electron chi connectivity index (χ1n) is 9.46. The maximum absolute atomic E-state index is 12.4. The molecule has 1 aliphatic heterocycles. The summed E-state index contributed by atoms with van der Waals surface area (Å²) in [4.78, 5) is 12.4. The molecule has 1 saturated carbocycles. The minimum atomic E-state index is 0.00850. The molecular formula is C20H30N2O3. The Bertz CT molecular complexity index is 576. The van der Waals surface area contributed by atoms with E-state index in [1.807, 2.05) is 18.2 Å². The molecule has 2 N–H and O–H groups in total. The van der Waals surface area contributed by atoms with E-state index in [1.54, 1.807) is 14.2 Å². The van der Waals surface area contributed by atoms with Crippen molar-refractivity contribution in [1.82, 2.24) is 10.6 Å². The molecule has 2 fully saturated rings. The van der Waals surface area contributed by atoms with Crippen LogP contribution in [0, 0.1) is 5.92 Å². The van der Waals surface area contributed by atoms with Gasteiger partial charge in [0.05, 0.1) is 20.3 Å². The lowest BCUT2D eigenvalue weighted by molar-refractivity contribution is -0.122. The van der Waals surface area contributed by atoms with E-state index in [9.17, 15) is 4.79 Å². The van der Waals surface area contributed by atoms with E-state index in [1.165, 1.54) is 31.2 Å². The zero-order valence-corrected chi connectivity index (χ0v) is 15.3. The van der Waals surface area contributed by atoms with E-state index in [0.717, 1.165) is 30.8 Å². The molecule has 0 aromatic heterocycles. The third-order valence-corrected chi connectivity index (χ3v) is 5.57. The molecule has 0 spiro atoms. The highest BCUT2D eigenvalue weighted by Gasteiger charge is 2.37. The molecular weight excluding hydrogens is 316 g/mol. The molecule has 1 saturated heterocycles. The number of hydrogen-bond acceptors (Lipinski definition) is 4. The maximum Gasteiger partial charge on any atom is 0.237 e. The lowest BCUT2D eigenvalue weighted by Crippen LogP contribution is -2.43. The first kappa shape index (κ1) is 18.1. The fraction of sp³-hybridized carbons (Fsp3) is 0.650. The van der Waals surface area contributed by atoms with Gasteiger partial charge >= 0.3 is 0 Å². The predicted octanol–water partition coefficient (Wildman–Crippen LogP) is 2.67. The summed E-state index contributed by atoms with van der Waals surface area (Å²) in [5.41, 5.74) is 1.19. The van der Waals surface area contributed by atoms with Crippen LogP contribution >= 0.6 is 0 Å². The van der Waals surface area contributed by atoms with Crippen LogP contribution in [0.1, 0.15) is 44.1 Å². The van der Waals surface area contributed by atoms with E-state index >= 15 is 0 Å². The van der Waals surface area contributed by atoms with Crippen LogP contribution in [0.5, 0.6) is 11.5 Å². The van der Waals surface area contributed by atoms with Gasteiger partial charge in [0.1, 0.15) is 0 Å². The van der Waals surface area contributed by atoms with Gasteiger partial charge in [0, 0.05) is 12.6 Å². The molecule has 0 bridgehead atoms. The molecule has 5 heteroatoms. The number of carbonyl (C=O) groups excluding carboxylic acids is 1. The molecule has 5 nitrogen and oxygen atoms in total. The van der Waals surface area contributed by atoms with Gasteiger partial charge in [0.15, 0.2) is 11.5 Å². The second-order valence-corrected chi connectivity index (χ2v) is 7.19. The van der Waals surface area contributed by atoms with Crippen LogP contribution in [-0.2, 0) is 11.2 Å². The van der Waals surface area contributed by atoms with Crippen molar-refractivity contribution in [3.05, 3.63) is 23.8 Å². The summed E-state index contributed by atoms with van der Waals surface area (Å²) in [6, 6.07) is 6.55. The van der Waals surface area contributed by atoms with Crippen molar-refractivity contribution >= 4 is 5.91 Å². The van der Waals surface area contributed by atoms with Gasteiger partial charge < -0.3 is 20.1 Å². The minimum absolute atomic E-state index is 0.00850. The number of hydrogen-bond donors (Lipinski definition) is 2. The second kappa shape index (κ2) is 8.56. The highest BCUT2D eigenvalue weighted by atomic mass is 16.5. The van der Waals surface area contributed by atoms with Gasteiger partial charge in [0.25, 0.3) is 0 Å². The number of ether oxygens (including phenoxy) is 2. The molecule has 25 heavy (non-hydrogen) atoms. The highest BCUT2D eigenvalue weighted by Crippen LogP contribution is 2.33. The number of fused-ring (bicyclic) bond motifs is 1. The van der Waals surface area contributed by atoms with E-state index in [-0.39, 0.29) is 11.9 Å². The topological polar surface area (TPSA) is 59.6 Å². The molecule has 2 aliphatic rings. The smallest absolute Gasteiger partial charge is 0.237 e. The number of aryl methyl sites for hydroxylation is 1. The third-order valence-electron chi connectivity index (χ3n) is 5.57. The third kappa shape index (κ3) is 4.46. The molecule has 1 amide bonds. The summed E-state index contributed by atoms with van der Waals surface area (Å²) in [7, 11) is 3.29. The first-order valence-corrected chi connectivity index (χ1v) is 9.46. The van der Waals surface area contributed by atoms with Crippen LogP contribution in [0.2, 0.25) is 0 Å². The van der Waals surface area contributed by atoms with Crippen LogP contribution in [-0.4, -0.2) is 38.8 Å². The van der Waals surface area contributed by atoms with Crippen LogP contribution in [0.3, 0.4) is 0 Å². The van der Waals surface area contributed by atoms with Gasteiger partial charge in [-0.15, -0.1) is 0 Å². The number of carbonyl (C=O) groups is 1. The van der Waals surface area contributed by atoms with Gasteiger partial charge in [-0.2, -0.15) is 0 Å². The summed E-state index contributed by atoms with van der Waals surface area (Å²) in [5.74, 6) is 2.37. The molecule has 3 rings (SSSR count). The fourth-order valence-corrected chi connectivity index (χ4v) is 4.18. The number of rotatable bonds is 7. The van der Waals surface area contributed by atoms with Gasteiger partial charge in [-0.05, 0) is 55.7 Å². The average Bonchev–Trinajstić information content (AvgIpc) is 3.09. The molecule has 0 radical (unpaired) electrons. The van der Waals surface area contributed by atoms with Gasteiger partial charge in [-0.3, -0.25) is 4.79 Å². The Kier molecular flexibility index (Phi) is 6.19. The summed E-state index contributed by atoms with van der Waals surface area (Å²) in [6.07, 6.45) is 7.96. The van der Waals surface area contributed by atoms with E-state index in [0.29, 0.717) is 18.5 Å². The fourth-order valence-electron chi connectivity index (χ4n) is 4.18. The van der Waals surface area contributed by atoms with Gasteiger partial charge in [-0.1, -0.05) is 18.9 Å². The Labute approximate surface area is 150 Å². The molecule has 1 aromatic carbocycles. The van der Waals surface area contributed by atoms with E-state index in [2.05, 4.69) is 10.6 Å². The largest absolute Gasteiger partial charge is 0.493 e. The van der Waals surface area contributed by atoms with Crippen LogP contribution in [0.25, 0.3) is 0 Å². The predicted molar refractivity (Wildman–Crippen MR) is 98.2 cm³/mol. The van der Waals surface area contributed by atoms with Gasteiger partial charge in [-0.25, -0.2) is 0 Å². The van der Waals surface area contributed by atoms with Gasteiger partial charge in [0.2, 0.25) is 5.91 Å². The molecule has 138 valence electrons. The standard InChI is InChI=1S/C20H30N2O3/c1-24-18-10-9-14(12-19(18)25-2)6-5-11-21-20(23)17-13-15-7-3-4-8-16(15)22-17/h9-10,12,15-17,22H,3-8,11,13H2,1-2H3,(H,21,23). The van der Waals surface area contributed by atoms with Crippen molar-refractivity contribution in [1.29, 1.82) is 0 Å². The second-order valence-electron chi connectivity index (χ2n) is 7.19. The summed E-state index contributed by atoms with van der Waals surface area (Å²) in [6.45, 7) is 0.709. The number of amides is 1. The minimum Gasteiger partial charge on any atom is -0.493 e. The Hall–Kier alpha value is -1.75. The van der Waals surface area contributed by atoms with Crippen molar-refractivity contribution < 1.29 is 14.3 Å². The summed E-state index contributed by atoms with van der Waals surface area (Å²) >= 11 is 0. The summed E-state index contributed by atoms with van der Waals surface area (Å²) < 4.78 is 10.6. The highest BCUT2D eigenvalue weighted by molar-refractivity contribution is 5.82. The molecule has 1 aliphatic carbocycles. The van der Waals surface area contributed by atoms with Crippen LogP contribution in [0.15, 0.2) is 18.2 Å². The number of nitrogens with one attached hydrogen (secondary N) is 2. The number of benzene rings is 1. The Morgan fingerprint density at radius 1 is 1.20 bits per heavy atom. The zero-order valence-electron chi connectivity index (χ0n) is 15.3. The number of methoxy groups -OCH3 is 2. The Balaban J connectivity index is 1.40. The van der Waals surface area contributed by atoms with Crippen molar-refractivity contribution in [3.8, 4) is 11.5 Å². The average molecular weight is 346 g/mol. The van der Waals surface area contributed by atoms with Crippen molar-refractivity contribution in [2.75, 3.05) is 20.8 Å². The van der Waals surface area contributed by atoms with Crippen molar-refractivity contribution in [2.45, 2.75) is 57.0 Å². The van der Waals surface area contributed by atoms with Crippen LogP contribution in [0.4, 0.5) is 0 Å². The maximum atomic E-state index is 12.4. The van der Waals surface area contributed by atoms with E-state index in [4.69, 9.17) is 9.47 Å². The Morgan fingerprint density at radius 2 is 2.00 bits per heavy atom. The van der Waals surface area contributed by atoms with Crippen molar-refractivity contribution in [3.63, 3.8) is 0 Å². The summed E-state index contributed by atoms with van der Waals surface area (Å²) in [5, 5.41) is 6.63. The van der Waals surface area contributed by atoms with Crippen molar-refractivity contribution in [2.24, 2.45) is 5.92 Å². The lowest BCUT2D eigenvalue weighted by atomic mass is 9.85. The van der Waals surface area contributed by atoms with E-state index < -0.39 is 0 Å².